The third-order valence-corrected chi connectivity index (χ3v) is 4.75. The molecule has 4 nitrogen and oxygen atoms in total. The minimum absolute atomic E-state index is 0.656. The van der Waals surface area contributed by atoms with Gasteiger partial charge in [0.25, 0.3) is 0 Å². The number of hydrogen-bond acceptors (Lipinski definition) is 4. The lowest BCUT2D eigenvalue weighted by atomic mass is 10.0. The van der Waals surface area contributed by atoms with E-state index in [1.807, 2.05) is 48.9 Å². The number of benzene rings is 2. The summed E-state index contributed by atoms with van der Waals surface area (Å²) in [5.41, 5.74) is 3.37. The summed E-state index contributed by atoms with van der Waals surface area (Å²) in [6.45, 7) is 2.06. The van der Waals surface area contributed by atoms with Crippen molar-refractivity contribution in [2.45, 2.75) is 19.4 Å². The Hall–Kier alpha value is -3.24. The largest absolute Gasteiger partial charge is 0.492 e. The fourth-order valence-corrected chi connectivity index (χ4v) is 3.18. The highest BCUT2D eigenvalue weighted by molar-refractivity contribution is 5.86. The predicted molar refractivity (Wildman–Crippen MR) is 116 cm³/mol. The van der Waals surface area contributed by atoms with E-state index in [2.05, 4.69) is 40.3 Å². The highest BCUT2D eigenvalue weighted by atomic mass is 16.5. The second-order valence-corrected chi connectivity index (χ2v) is 6.94. The minimum Gasteiger partial charge on any atom is -0.492 e. The SMILES string of the molecule is c1ccc(COCCCCOc2cncc(-c3ccc4cnccc4c3)c2)cc1. The van der Waals surface area contributed by atoms with E-state index in [0.29, 0.717) is 13.2 Å². The van der Waals surface area contributed by atoms with Gasteiger partial charge in [0.1, 0.15) is 5.75 Å². The average molecular weight is 384 g/mol. The van der Waals surface area contributed by atoms with Crippen molar-refractivity contribution in [1.29, 1.82) is 0 Å². The molecule has 0 unspecified atom stereocenters. The first-order valence-corrected chi connectivity index (χ1v) is 9.92. The second kappa shape index (κ2) is 9.80. The van der Waals surface area contributed by atoms with Gasteiger partial charge in [0, 0.05) is 36.1 Å². The lowest BCUT2D eigenvalue weighted by Crippen LogP contribution is -2.01. The molecule has 0 fully saturated rings. The Morgan fingerprint density at radius 2 is 1.59 bits per heavy atom. The number of aromatic nitrogens is 2. The van der Waals surface area contributed by atoms with Gasteiger partial charge in [-0.3, -0.25) is 9.97 Å². The van der Waals surface area contributed by atoms with Gasteiger partial charge in [-0.25, -0.2) is 0 Å². The molecule has 0 atom stereocenters. The molecule has 0 saturated heterocycles. The number of hydrogen-bond donors (Lipinski definition) is 0. The van der Waals surface area contributed by atoms with Crippen molar-refractivity contribution >= 4 is 10.8 Å². The van der Waals surface area contributed by atoms with Gasteiger partial charge < -0.3 is 9.47 Å². The highest BCUT2D eigenvalue weighted by Gasteiger charge is 2.03. The zero-order chi connectivity index (χ0) is 19.7. The molecule has 0 aliphatic carbocycles. The van der Waals surface area contributed by atoms with E-state index in [1.54, 1.807) is 6.20 Å². The topological polar surface area (TPSA) is 44.2 Å². The molecule has 0 spiro atoms. The van der Waals surface area contributed by atoms with Crippen LogP contribution in [0.2, 0.25) is 0 Å². The Morgan fingerprint density at radius 3 is 2.52 bits per heavy atom. The lowest BCUT2D eigenvalue weighted by Gasteiger charge is -2.09. The van der Waals surface area contributed by atoms with Crippen molar-refractivity contribution in [3.8, 4) is 16.9 Å². The van der Waals surface area contributed by atoms with Gasteiger partial charge in [0.2, 0.25) is 0 Å². The molecule has 146 valence electrons. The molecule has 0 N–H and O–H groups in total. The first-order valence-electron chi connectivity index (χ1n) is 9.92. The van der Waals surface area contributed by atoms with Gasteiger partial charge in [-0.2, -0.15) is 0 Å². The van der Waals surface area contributed by atoms with Gasteiger partial charge in [0.15, 0.2) is 0 Å². The zero-order valence-corrected chi connectivity index (χ0v) is 16.3. The van der Waals surface area contributed by atoms with Crippen LogP contribution in [0.5, 0.6) is 5.75 Å². The summed E-state index contributed by atoms with van der Waals surface area (Å²) >= 11 is 0. The van der Waals surface area contributed by atoms with Crippen LogP contribution in [-0.4, -0.2) is 23.2 Å². The molecule has 0 amide bonds. The zero-order valence-electron chi connectivity index (χ0n) is 16.3. The van der Waals surface area contributed by atoms with Crippen LogP contribution >= 0.6 is 0 Å². The van der Waals surface area contributed by atoms with Crippen LogP contribution in [-0.2, 0) is 11.3 Å². The monoisotopic (exact) mass is 384 g/mol. The molecule has 0 saturated carbocycles. The molecule has 4 heteroatoms. The number of ether oxygens (including phenoxy) is 2. The summed E-state index contributed by atoms with van der Waals surface area (Å²) in [4.78, 5) is 8.50. The van der Waals surface area contributed by atoms with Crippen LogP contribution in [0.15, 0.2) is 85.5 Å². The van der Waals surface area contributed by atoms with Gasteiger partial charge in [-0.15, -0.1) is 0 Å². The van der Waals surface area contributed by atoms with E-state index in [1.165, 1.54) is 10.9 Å². The van der Waals surface area contributed by atoms with E-state index in [0.717, 1.165) is 41.7 Å². The highest BCUT2D eigenvalue weighted by Crippen LogP contribution is 2.26. The third kappa shape index (κ3) is 5.39. The van der Waals surface area contributed by atoms with Crippen molar-refractivity contribution < 1.29 is 9.47 Å². The van der Waals surface area contributed by atoms with E-state index in [4.69, 9.17) is 9.47 Å². The molecule has 2 aromatic carbocycles. The number of pyridine rings is 2. The maximum atomic E-state index is 5.89. The summed E-state index contributed by atoms with van der Waals surface area (Å²) in [6, 6.07) is 20.6. The van der Waals surface area contributed by atoms with Gasteiger partial charge in [0.05, 0.1) is 19.4 Å². The smallest absolute Gasteiger partial charge is 0.138 e. The first-order chi connectivity index (χ1) is 14.4. The minimum atomic E-state index is 0.656. The molecule has 0 radical (unpaired) electrons. The molecular weight excluding hydrogens is 360 g/mol. The van der Waals surface area contributed by atoms with Crippen LogP contribution in [0, 0.1) is 0 Å². The van der Waals surface area contributed by atoms with E-state index < -0.39 is 0 Å². The molecule has 0 aliphatic heterocycles. The normalized spacial score (nSPS) is 10.9. The standard InChI is InChI=1S/C25H24N2O2/c1-2-6-20(7-3-1)19-28-12-4-5-13-29-25-15-24(17-27-18-25)21-8-9-23-16-26-11-10-22(23)14-21/h1-3,6-11,14-18H,4-5,12-13,19H2. The lowest BCUT2D eigenvalue weighted by molar-refractivity contribution is 0.113. The fourth-order valence-electron chi connectivity index (χ4n) is 3.18. The number of unbranched alkanes of at least 4 members (excludes halogenated alkanes) is 1. The molecule has 4 rings (SSSR count). The summed E-state index contributed by atoms with van der Waals surface area (Å²) < 4.78 is 11.6. The Morgan fingerprint density at radius 1 is 0.690 bits per heavy atom. The molecule has 2 aromatic heterocycles. The molecule has 4 aromatic rings. The first kappa shape index (κ1) is 19.1. The fraction of sp³-hybridized carbons (Fsp3) is 0.200. The van der Waals surface area contributed by atoms with Gasteiger partial charge >= 0.3 is 0 Å². The van der Waals surface area contributed by atoms with Crippen LogP contribution in [0.4, 0.5) is 0 Å². The molecule has 0 aliphatic rings. The summed E-state index contributed by atoms with van der Waals surface area (Å²) in [5.74, 6) is 0.794. The number of fused-ring (bicyclic) bond motifs is 1. The molecule has 0 bridgehead atoms. The van der Waals surface area contributed by atoms with Crippen LogP contribution in [0.3, 0.4) is 0 Å². The van der Waals surface area contributed by atoms with Crippen molar-refractivity contribution in [2.75, 3.05) is 13.2 Å². The van der Waals surface area contributed by atoms with Crippen molar-refractivity contribution in [3.05, 3.63) is 91.0 Å². The quantitative estimate of drug-likeness (QED) is 0.349. The predicted octanol–water partition coefficient (Wildman–Crippen LogP) is 5.67. The Balaban J connectivity index is 1.24. The second-order valence-electron chi connectivity index (χ2n) is 6.94. The Bertz CT molecular complexity index is 1050. The maximum absolute atomic E-state index is 5.89. The van der Waals surface area contributed by atoms with Crippen LogP contribution < -0.4 is 4.74 Å². The maximum Gasteiger partial charge on any atom is 0.138 e. The van der Waals surface area contributed by atoms with Crippen molar-refractivity contribution in [3.63, 3.8) is 0 Å². The van der Waals surface area contributed by atoms with E-state index in [-0.39, 0.29) is 0 Å². The third-order valence-electron chi connectivity index (χ3n) is 4.75. The van der Waals surface area contributed by atoms with Gasteiger partial charge in [-0.05, 0) is 47.6 Å². The van der Waals surface area contributed by atoms with Gasteiger partial charge in [-0.1, -0.05) is 42.5 Å². The summed E-state index contributed by atoms with van der Waals surface area (Å²) in [7, 11) is 0. The van der Waals surface area contributed by atoms with Crippen molar-refractivity contribution in [1.82, 2.24) is 9.97 Å². The van der Waals surface area contributed by atoms with E-state index >= 15 is 0 Å². The average Bonchev–Trinajstić information content (AvgIpc) is 2.79. The summed E-state index contributed by atoms with van der Waals surface area (Å²) in [5, 5.41) is 2.30. The Labute approximate surface area is 171 Å². The van der Waals surface area contributed by atoms with Crippen LogP contribution in [0.1, 0.15) is 18.4 Å². The number of rotatable bonds is 9. The molecule has 2 heterocycles. The molecular formula is C25H24N2O2. The van der Waals surface area contributed by atoms with E-state index in [9.17, 15) is 0 Å². The number of nitrogens with zero attached hydrogens (tertiary/aromatic N) is 2. The summed E-state index contributed by atoms with van der Waals surface area (Å²) in [6.07, 6.45) is 9.24. The van der Waals surface area contributed by atoms with Crippen LogP contribution in [0.25, 0.3) is 21.9 Å². The Kier molecular flexibility index (Phi) is 6.45. The molecule has 29 heavy (non-hydrogen) atoms. The van der Waals surface area contributed by atoms with Crippen molar-refractivity contribution in [2.24, 2.45) is 0 Å².